The van der Waals surface area contributed by atoms with Crippen molar-refractivity contribution < 1.29 is 14.3 Å². The van der Waals surface area contributed by atoms with E-state index < -0.39 is 0 Å². The maximum Gasteiger partial charge on any atom is 0.337 e. The van der Waals surface area contributed by atoms with E-state index in [2.05, 4.69) is 15.4 Å². The summed E-state index contributed by atoms with van der Waals surface area (Å²) in [4.78, 5) is 21.8. The molecule has 5 heteroatoms. The monoisotopic (exact) mass is 250 g/mol. The Balaban J connectivity index is 2.31. The van der Waals surface area contributed by atoms with Gasteiger partial charge in [0, 0.05) is 26.6 Å². The molecule has 0 heterocycles. The van der Waals surface area contributed by atoms with Crippen molar-refractivity contribution in [2.75, 3.05) is 20.2 Å². The van der Waals surface area contributed by atoms with Gasteiger partial charge in [-0.3, -0.25) is 4.79 Å². The highest BCUT2D eigenvalue weighted by molar-refractivity contribution is 5.89. The molecule has 0 aliphatic carbocycles. The molecule has 2 N–H and O–H groups in total. The van der Waals surface area contributed by atoms with Gasteiger partial charge in [0.1, 0.15) is 0 Å². The van der Waals surface area contributed by atoms with Crippen LogP contribution in [0.2, 0.25) is 0 Å². The first-order valence-electron chi connectivity index (χ1n) is 5.76. The van der Waals surface area contributed by atoms with Gasteiger partial charge in [-0.25, -0.2) is 4.79 Å². The Morgan fingerprint density at radius 1 is 1.17 bits per heavy atom. The van der Waals surface area contributed by atoms with Gasteiger partial charge < -0.3 is 15.4 Å². The predicted molar refractivity (Wildman–Crippen MR) is 68.2 cm³/mol. The minimum absolute atomic E-state index is 0.0285. The third-order valence-corrected chi connectivity index (χ3v) is 2.38. The Hall–Kier alpha value is -1.88. The molecule has 0 bridgehead atoms. The molecule has 0 saturated carbocycles. The number of methoxy groups -OCH3 is 1. The number of rotatable bonds is 6. The van der Waals surface area contributed by atoms with Gasteiger partial charge in [0.2, 0.25) is 5.91 Å². The molecular formula is C13H18N2O3. The average Bonchev–Trinajstić information content (AvgIpc) is 2.38. The summed E-state index contributed by atoms with van der Waals surface area (Å²) >= 11 is 0. The summed E-state index contributed by atoms with van der Waals surface area (Å²) in [6.45, 7) is 3.50. The quantitative estimate of drug-likeness (QED) is 0.576. The minimum Gasteiger partial charge on any atom is -0.465 e. The van der Waals surface area contributed by atoms with Crippen molar-refractivity contribution in [3.63, 3.8) is 0 Å². The smallest absolute Gasteiger partial charge is 0.337 e. The molecule has 1 rings (SSSR count). The molecule has 1 aromatic carbocycles. The van der Waals surface area contributed by atoms with Gasteiger partial charge >= 0.3 is 5.97 Å². The van der Waals surface area contributed by atoms with Gasteiger partial charge in [0.15, 0.2) is 0 Å². The third-order valence-electron chi connectivity index (χ3n) is 2.38. The number of benzene rings is 1. The third kappa shape index (κ3) is 4.97. The molecule has 0 saturated heterocycles. The van der Waals surface area contributed by atoms with E-state index in [0.29, 0.717) is 25.2 Å². The van der Waals surface area contributed by atoms with E-state index >= 15 is 0 Å². The van der Waals surface area contributed by atoms with Crippen LogP contribution < -0.4 is 10.6 Å². The van der Waals surface area contributed by atoms with E-state index in [4.69, 9.17) is 0 Å². The average molecular weight is 250 g/mol. The second-order valence-corrected chi connectivity index (χ2v) is 3.85. The molecule has 98 valence electrons. The molecule has 0 atom stereocenters. The fourth-order valence-corrected chi connectivity index (χ4v) is 1.44. The number of ether oxygens (including phenoxy) is 1. The molecule has 0 aromatic heterocycles. The van der Waals surface area contributed by atoms with Crippen molar-refractivity contribution in [1.82, 2.24) is 10.6 Å². The minimum atomic E-state index is -0.333. The summed E-state index contributed by atoms with van der Waals surface area (Å²) in [6.07, 6.45) is 0. The van der Waals surface area contributed by atoms with Gasteiger partial charge in [-0.1, -0.05) is 12.1 Å². The van der Waals surface area contributed by atoms with Crippen LogP contribution in [0.5, 0.6) is 0 Å². The summed E-state index contributed by atoms with van der Waals surface area (Å²) in [5.41, 5.74) is 1.62. The van der Waals surface area contributed by atoms with E-state index in [9.17, 15) is 9.59 Å². The normalized spacial score (nSPS) is 9.89. The van der Waals surface area contributed by atoms with E-state index in [1.165, 1.54) is 14.0 Å². The Morgan fingerprint density at radius 2 is 1.83 bits per heavy atom. The number of nitrogens with one attached hydrogen (secondary N) is 2. The Labute approximate surface area is 107 Å². The molecule has 0 aliphatic heterocycles. The van der Waals surface area contributed by atoms with E-state index in [1.807, 2.05) is 12.1 Å². The lowest BCUT2D eigenvalue weighted by molar-refractivity contribution is -0.118. The van der Waals surface area contributed by atoms with E-state index in [-0.39, 0.29) is 11.9 Å². The maximum absolute atomic E-state index is 11.2. The number of hydrogen-bond donors (Lipinski definition) is 2. The highest BCUT2D eigenvalue weighted by Gasteiger charge is 2.03. The summed E-state index contributed by atoms with van der Waals surface area (Å²) in [5, 5.41) is 5.89. The van der Waals surface area contributed by atoms with Gasteiger partial charge in [-0.2, -0.15) is 0 Å². The largest absolute Gasteiger partial charge is 0.465 e. The lowest BCUT2D eigenvalue weighted by atomic mass is 10.1. The highest BCUT2D eigenvalue weighted by Crippen LogP contribution is 2.05. The van der Waals surface area contributed by atoms with Crippen molar-refractivity contribution in [2.45, 2.75) is 13.5 Å². The molecule has 1 aromatic rings. The Morgan fingerprint density at radius 3 is 2.39 bits per heavy atom. The Bertz CT molecular complexity index is 401. The van der Waals surface area contributed by atoms with Gasteiger partial charge in [-0.05, 0) is 17.7 Å². The lowest BCUT2D eigenvalue weighted by Crippen LogP contribution is -2.29. The zero-order chi connectivity index (χ0) is 13.4. The standard InChI is InChI=1S/C13H18N2O3/c1-10(16)15-8-7-14-9-11-3-5-12(6-4-11)13(17)18-2/h3-6,14H,7-9H2,1-2H3,(H,15,16). The molecule has 0 fully saturated rings. The molecule has 0 spiro atoms. The van der Waals surface area contributed by atoms with Crippen LogP contribution in [0.25, 0.3) is 0 Å². The maximum atomic E-state index is 11.2. The van der Waals surface area contributed by atoms with Gasteiger partial charge in [0.05, 0.1) is 12.7 Å². The first-order chi connectivity index (χ1) is 8.63. The molecule has 0 unspecified atom stereocenters. The highest BCUT2D eigenvalue weighted by atomic mass is 16.5. The van der Waals surface area contributed by atoms with Crippen molar-refractivity contribution in [3.8, 4) is 0 Å². The summed E-state index contributed by atoms with van der Waals surface area (Å²) in [5.74, 6) is -0.362. The van der Waals surface area contributed by atoms with Crippen LogP contribution in [0.1, 0.15) is 22.8 Å². The second kappa shape index (κ2) is 7.45. The molecule has 5 nitrogen and oxygen atoms in total. The summed E-state index contributed by atoms with van der Waals surface area (Å²) in [6, 6.07) is 7.21. The number of carbonyl (C=O) groups excluding carboxylic acids is 2. The number of carbonyl (C=O) groups is 2. The zero-order valence-corrected chi connectivity index (χ0v) is 10.7. The second-order valence-electron chi connectivity index (χ2n) is 3.85. The van der Waals surface area contributed by atoms with Crippen LogP contribution in [0.4, 0.5) is 0 Å². The molecule has 0 aliphatic rings. The fourth-order valence-electron chi connectivity index (χ4n) is 1.44. The predicted octanol–water partition coefficient (Wildman–Crippen LogP) is 0.699. The molecular weight excluding hydrogens is 232 g/mol. The molecule has 0 radical (unpaired) electrons. The molecule has 18 heavy (non-hydrogen) atoms. The van der Waals surface area contributed by atoms with E-state index in [0.717, 1.165) is 5.56 Å². The summed E-state index contributed by atoms with van der Waals surface area (Å²) < 4.78 is 4.62. The van der Waals surface area contributed by atoms with Crippen LogP contribution >= 0.6 is 0 Å². The topological polar surface area (TPSA) is 67.4 Å². The van der Waals surface area contributed by atoms with Crippen LogP contribution in [0.15, 0.2) is 24.3 Å². The molecule has 1 amide bonds. The van der Waals surface area contributed by atoms with Gasteiger partial charge in [-0.15, -0.1) is 0 Å². The summed E-state index contributed by atoms with van der Waals surface area (Å²) in [7, 11) is 1.36. The van der Waals surface area contributed by atoms with Crippen molar-refractivity contribution in [1.29, 1.82) is 0 Å². The lowest BCUT2D eigenvalue weighted by Gasteiger charge is -2.06. The van der Waals surface area contributed by atoms with Crippen molar-refractivity contribution in [3.05, 3.63) is 35.4 Å². The van der Waals surface area contributed by atoms with Crippen molar-refractivity contribution in [2.24, 2.45) is 0 Å². The first-order valence-corrected chi connectivity index (χ1v) is 5.76. The van der Waals surface area contributed by atoms with Crippen molar-refractivity contribution >= 4 is 11.9 Å². The van der Waals surface area contributed by atoms with Gasteiger partial charge in [0.25, 0.3) is 0 Å². The van der Waals surface area contributed by atoms with Crippen LogP contribution in [-0.2, 0) is 16.1 Å². The fraction of sp³-hybridized carbons (Fsp3) is 0.385. The first kappa shape index (κ1) is 14.2. The van der Waals surface area contributed by atoms with Crippen LogP contribution in [-0.4, -0.2) is 32.1 Å². The Kier molecular flexibility index (Phi) is 5.87. The van der Waals surface area contributed by atoms with E-state index in [1.54, 1.807) is 12.1 Å². The van der Waals surface area contributed by atoms with Crippen LogP contribution in [0.3, 0.4) is 0 Å². The SMILES string of the molecule is COC(=O)c1ccc(CNCCNC(C)=O)cc1. The number of amides is 1. The number of esters is 1. The number of hydrogen-bond acceptors (Lipinski definition) is 4. The van der Waals surface area contributed by atoms with Crippen LogP contribution in [0, 0.1) is 0 Å². The zero-order valence-electron chi connectivity index (χ0n) is 10.7.